The minimum absolute atomic E-state index is 0.103. The van der Waals surface area contributed by atoms with Crippen molar-refractivity contribution in [3.8, 4) is 0 Å². The molecule has 16 heavy (non-hydrogen) atoms. The van der Waals surface area contributed by atoms with Crippen molar-refractivity contribution in [1.29, 1.82) is 0 Å². The number of benzene rings is 1. The number of carboxylic acids is 1. The molecule has 0 heterocycles. The number of carbonyl (C=O) groups is 1. The molecule has 0 unspecified atom stereocenters. The smallest absolute Gasteiger partial charge is 0.337 e. The Hall–Kier alpha value is -1.07. The molecular formula is C10H13ClN2O2S. The molecule has 4 N–H and O–H groups in total. The molecule has 1 rings (SSSR count). The molecule has 0 spiro atoms. The Bertz CT molecular complexity index is 399. The minimum Gasteiger partial charge on any atom is -0.478 e. The molecule has 0 aliphatic rings. The summed E-state index contributed by atoms with van der Waals surface area (Å²) in [6.45, 7) is 0.658. The van der Waals surface area contributed by atoms with E-state index in [-0.39, 0.29) is 5.56 Å². The van der Waals surface area contributed by atoms with Crippen molar-refractivity contribution in [2.45, 2.75) is 0 Å². The average Bonchev–Trinajstić information content (AvgIpc) is 2.20. The van der Waals surface area contributed by atoms with Gasteiger partial charge in [0.2, 0.25) is 0 Å². The Balaban J connectivity index is 2.99. The Kier molecular flexibility index (Phi) is 4.76. The molecule has 0 bridgehead atoms. The number of aromatic carboxylic acids is 1. The number of halogens is 1. The van der Waals surface area contributed by atoms with Gasteiger partial charge in [-0.1, -0.05) is 11.6 Å². The first kappa shape index (κ1) is 13.0. The molecule has 0 amide bonds. The first-order chi connectivity index (χ1) is 7.56. The van der Waals surface area contributed by atoms with Gasteiger partial charge in [-0.2, -0.15) is 11.8 Å². The summed E-state index contributed by atoms with van der Waals surface area (Å²) in [4.78, 5) is 11.0. The van der Waals surface area contributed by atoms with E-state index in [0.717, 1.165) is 5.75 Å². The summed E-state index contributed by atoms with van der Waals surface area (Å²) in [6.07, 6.45) is 1.98. The Morgan fingerprint density at radius 1 is 1.62 bits per heavy atom. The first-order valence-corrected chi connectivity index (χ1v) is 6.38. The molecule has 0 aliphatic carbocycles. The lowest BCUT2D eigenvalue weighted by molar-refractivity contribution is 0.0698. The van der Waals surface area contributed by atoms with E-state index in [1.54, 1.807) is 11.8 Å². The highest BCUT2D eigenvalue weighted by Crippen LogP contribution is 2.29. The summed E-state index contributed by atoms with van der Waals surface area (Å²) in [6, 6.07) is 2.94. The van der Waals surface area contributed by atoms with Crippen LogP contribution in [-0.4, -0.2) is 29.6 Å². The van der Waals surface area contributed by atoms with Crippen LogP contribution >= 0.6 is 23.4 Å². The van der Waals surface area contributed by atoms with Crippen LogP contribution in [0, 0.1) is 0 Å². The topological polar surface area (TPSA) is 75.3 Å². The quantitative estimate of drug-likeness (QED) is 0.560. The predicted octanol–water partition coefficient (Wildman–Crippen LogP) is 2.40. The summed E-state index contributed by atoms with van der Waals surface area (Å²) in [5, 5.41) is 12.3. The highest BCUT2D eigenvalue weighted by Gasteiger charge is 2.14. The Morgan fingerprint density at radius 3 is 2.88 bits per heavy atom. The molecule has 4 nitrogen and oxygen atoms in total. The van der Waals surface area contributed by atoms with Crippen molar-refractivity contribution in [1.82, 2.24) is 0 Å². The van der Waals surface area contributed by atoms with Crippen LogP contribution in [0.25, 0.3) is 0 Å². The van der Waals surface area contributed by atoms with Gasteiger partial charge in [0.25, 0.3) is 0 Å². The third kappa shape index (κ3) is 3.21. The van der Waals surface area contributed by atoms with Crippen molar-refractivity contribution in [3.63, 3.8) is 0 Å². The van der Waals surface area contributed by atoms with Crippen molar-refractivity contribution in [2.75, 3.05) is 29.6 Å². The Morgan fingerprint density at radius 2 is 2.31 bits per heavy atom. The fraction of sp³-hybridized carbons (Fsp3) is 0.300. The number of rotatable bonds is 5. The van der Waals surface area contributed by atoms with Gasteiger partial charge >= 0.3 is 5.97 Å². The molecule has 0 saturated heterocycles. The van der Waals surface area contributed by atoms with Crippen LogP contribution in [0.2, 0.25) is 5.02 Å². The fourth-order valence-electron chi connectivity index (χ4n) is 1.25. The van der Waals surface area contributed by atoms with Gasteiger partial charge in [-0.15, -0.1) is 0 Å². The van der Waals surface area contributed by atoms with Crippen molar-refractivity contribution in [2.24, 2.45) is 0 Å². The molecule has 0 aromatic heterocycles. The fourth-order valence-corrected chi connectivity index (χ4v) is 1.85. The normalized spacial score (nSPS) is 10.1. The van der Waals surface area contributed by atoms with Crippen molar-refractivity contribution >= 4 is 40.7 Å². The standard InChI is InChI=1S/C10H13ClN2O2S/c1-16-3-2-13-9-7(10(14)15)4-6(12)5-8(9)11/h4-5,13H,2-3,12H2,1H3,(H,14,15). The third-order valence-corrected chi connectivity index (χ3v) is 2.86. The van der Waals surface area contributed by atoms with Crippen LogP contribution < -0.4 is 11.1 Å². The van der Waals surface area contributed by atoms with Crippen LogP contribution in [0.5, 0.6) is 0 Å². The van der Waals surface area contributed by atoms with E-state index < -0.39 is 5.97 Å². The molecule has 0 aliphatic heterocycles. The number of nitrogens with one attached hydrogen (secondary N) is 1. The van der Waals surface area contributed by atoms with Gasteiger partial charge in [0.05, 0.1) is 16.3 Å². The van der Waals surface area contributed by atoms with Gasteiger partial charge in [-0.3, -0.25) is 0 Å². The van der Waals surface area contributed by atoms with E-state index >= 15 is 0 Å². The van der Waals surface area contributed by atoms with Crippen LogP contribution in [0.4, 0.5) is 11.4 Å². The zero-order valence-corrected chi connectivity index (χ0v) is 10.4. The average molecular weight is 261 g/mol. The number of hydrogen-bond acceptors (Lipinski definition) is 4. The summed E-state index contributed by atoms with van der Waals surface area (Å²) in [5.74, 6) is -0.166. The summed E-state index contributed by atoms with van der Waals surface area (Å²) < 4.78 is 0. The van der Waals surface area contributed by atoms with E-state index in [9.17, 15) is 4.79 Å². The maximum atomic E-state index is 11.0. The maximum Gasteiger partial charge on any atom is 0.337 e. The van der Waals surface area contributed by atoms with Gasteiger partial charge in [-0.05, 0) is 18.4 Å². The second-order valence-corrected chi connectivity index (χ2v) is 4.54. The number of thioether (sulfide) groups is 1. The van der Waals surface area contributed by atoms with Crippen LogP contribution in [0.15, 0.2) is 12.1 Å². The predicted molar refractivity (Wildman–Crippen MR) is 69.7 cm³/mol. The number of anilines is 2. The lowest BCUT2D eigenvalue weighted by Crippen LogP contribution is -2.10. The number of carboxylic acid groups (broad SMARTS) is 1. The molecule has 0 saturated carbocycles. The molecule has 88 valence electrons. The molecule has 0 atom stereocenters. The zero-order valence-electron chi connectivity index (χ0n) is 8.79. The second kappa shape index (κ2) is 5.86. The van der Waals surface area contributed by atoms with E-state index in [2.05, 4.69) is 5.32 Å². The Labute approximate surface area is 103 Å². The van der Waals surface area contributed by atoms with Crippen molar-refractivity contribution in [3.05, 3.63) is 22.7 Å². The van der Waals surface area contributed by atoms with Gasteiger partial charge < -0.3 is 16.2 Å². The van der Waals surface area contributed by atoms with Crippen LogP contribution in [0.3, 0.4) is 0 Å². The van der Waals surface area contributed by atoms with E-state index in [1.807, 2.05) is 6.26 Å². The third-order valence-electron chi connectivity index (χ3n) is 1.95. The van der Waals surface area contributed by atoms with Crippen LogP contribution in [-0.2, 0) is 0 Å². The number of hydrogen-bond donors (Lipinski definition) is 3. The molecule has 0 radical (unpaired) electrons. The largest absolute Gasteiger partial charge is 0.478 e. The summed E-state index contributed by atoms with van der Waals surface area (Å²) in [5.41, 5.74) is 6.42. The lowest BCUT2D eigenvalue weighted by Gasteiger charge is -2.11. The molecule has 1 aromatic carbocycles. The minimum atomic E-state index is -1.04. The number of nitrogen functional groups attached to an aromatic ring is 1. The number of nitrogens with two attached hydrogens (primary N) is 1. The molecule has 0 fully saturated rings. The first-order valence-electron chi connectivity index (χ1n) is 4.61. The summed E-state index contributed by atoms with van der Waals surface area (Å²) >= 11 is 7.61. The maximum absolute atomic E-state index is 11.0. The van der Waals surface area contributed by atoms with Gasteiger partial charge in [0.15, 0.2) is 0 Å². The molecule has 6 heteroatoms. The summed E-state index contributed by atoms with van der Waals surface area (Å²) in [7, 11) is 0. The SMILES string of the molecule is CSCCNc1c(Cl)cc(N)cc1C(=O)O. The van der Waals surface area contributed by atoms with Gasteiger partial charge in [-0.25, -0.2) is 4.79 Å². The van der Waals surface area contributed by atoms with E-state index in [0.29, 0.717) is 22.9 Å². The van der Waals surface area contributed by atoms with E-state index in [1.165, 1.54) is 12.1 Å². The molecular weight excluding hydrogens is 248 g/mol. The second-order valence-electron chi connectivity index (χ2n) is 3.15. The lowest BCUT2D eigenvalue weighted by atomic mass is 10.1. The monoisotopic (exact) mass is 260 g/mol. The molecule has 1 aromatic rings. The highest BCUT2D eigenvalue weighted by molar-refractivity contribution is 7.98. The van der Waals surface area contributed by atoms with Crippen molar-refractivity contribution < 1.29 is 9.90 Å². The van der Waals surface area contributed by atoms with Crippen LogP contribution in [0.1, 0.15) is 10.4 Å². The van der Waals surface area contributed by atoms with Gasteiger partial charge in [0, 0.05) is 18.0 Å². The zero-order chi connectivity index (χ0) is 12.1. The van der Waals surface area contributed by atoms with E-state index in [4.69, 9.17) is 22.4 Å². The highest BCUT2D eigenvalue weighted by atomic mass is 35.5. The van der Waals surface area contributed by atoms with Gasteiger partial charge in [0.1, 0.15) is 0 Å².